The summed E-state index contributed by atoms with van der Waals surface area (Å²) in [5.41, 5.74) is 0.922. The molecule has 0 aliphatic rings. The largest absolute Gasteiger partial charge is 0.468 e. The summed E-state index contributed by atoms with van der Waals surface area (Å²) in [5.74, 6) is -0.306. The molecule has 0 bridgehead atoms. The molecule has 1 rings (SSSR count). The van der Waals surface area contributed by atoms with E-state index >= 15 is 0 Å². The number of ether oxygens (including phenoxy) is 1. The normalized spacial score (nSPS) is 9.47. The molecule has 0 spiro atoms. The standard InChI is InChI=1S/C12H16N2O3/c1-17-12(16)9-14(8-7-13-10-15)11-5-3-2-4-6-11/h2-6,10H,7-9H2,1H3,(H,13,15). The van der Waals surface area contributed by atoms with Gasteiger partial charge in [0.25, 0.3) is 0 Å². The number of anilines is 1. The average molecular weight is 236 g/mol. The predicted octanol–water partition coefficient (Wildman–Crippen LogP) is 0.412. The summed E-state index contributed by atoms with van der Waals surface area (Å²) in [6, 6.07) is 9.51. The minimum absolute atomic E-state index is 0.168. The highest BCUT2D eigenvalue weighted by atomic mass is 16.5. The highest BCUT2D eigenvalue weighted by Crippen LogP contribution is 2.12. The van der Waals surface area contributed by atoms with E-state index in [4.69, 9.17) is 0 Å². The summed E-state index contributed by atoms with van der Waals surface area (Å²) >= 11 is 0. The molecule has 0 saturated heterocycles. The molecule has 1 aromatic rings. The lowest BCUT2D eigenvalue weighted by Gasteiger charge is -2.23. The molecule has 0 aliphatic carbocycles. The Balaban J connectivity index is 2.64. The Bertz CT molecular complexity index is 354. The van der Waals surface area contributed by atoms with E-state index in [1.54, 1.807) is 0 Å². The quantitative estimate of drug-likeness (QED) is 0.423. The lowest BCUT2D eigenvalue weighted by molar-refractivity contribution is -0.138. The van der Waals surface area contributed by atoms with Gasteiger partial charge in [0.2, 0.25) is 6.41 Å². The van der Waals surface area contributed by atoms with Crippen LogP contribution in [0.4, 0.5) is 5.69 Å². The Morgan fingerprint density at radius 2 is 2.12 bits per heavy atom. The summed E-state index contributed by atoms with van der Waals surface area (Å²) in [7, 11) is 1.36. The molecule has 0 atom stereocenters. The molecule has 1 amide bonds. The van der Waals surface area contributed by atoms with E-state index < -0.39 is 0 Å². The number of nitrogens with zero attached hydrogens (tertiary/aromatic N) is 1. The van der Waals surface area contributed by atoms with Crippen LogP contribution in [0, 0.1) is 0 Å². The molecule has 1 aromatic carbocycles. The van der Waals surface area contributed by atoms with Crippen molar-refractivity contribution in [3.05, 3.63) is 30.3 Å². The third-order valence-corrected chi connectivity index (χ3v) is 2.28. The fraction of sp³-hybridized carbons (Fsp3) is 0.333. The van der Waals surface area contributed by atoms with Crippen LogP contribution in [0.1, 0.15) is 0 Å². The van der Waals surface area contributed by atoms with Crippen LogP contribution in [-0.4, -0.2) is 39.1 Å². The lowest BCUT2D eigenvalue weighted by Crippen LogP contribution is -2.36. The van der Waals surface area contributed by atoms with Gasteiger partial charge in [-0.3, -0.25) is 9.59 Å². The highest BCUT2D eigenvalue weighted by Gasteiger charge is 2.10. The number of carbonyl (C=O) groups is 2. The van der Waals surface area contributed by atoms with E-state index in [1.807, 2.05) is 35.2 Å². The third kappa shape index (κ3) is 4.55. The molecular formula is C12H16N2O3. The molecule has 17 heavy (non-hydrogen) atoms. The molecule has 0 aliphatic heterocycles. The molecular weight excluding hydrogens is 220 g/mol. The summed E-state index contributed by atoms with van der Waals surface area (Å²) in [6.07, 6.45) is 0.640. The van der Waals surface area contributed by atoms with Crippen molar-refractivity contribution in [1.82, 2.24) is 5.32 Å². The Labute approximate surface area is 100 Å². The molecule has 5 nitrogen and oxygen atoms in total. The second-order valence-electron chi connectivity index (χ2n) is 3.41. The highest BCUT2D eigenvalue weighted by molar-refractivity contribution is 5.75. The number of amides is 1. The second kappa shape index (κ2) is 7.27. The van der Waals surface area contributed by atoms with Crippen molar-refractivity contribution in [2.24, 2.45) is 0 Å². The Hall–Kier alpha value is -2.04. The van der Waals surface area contributed by atoms with E-state index in [9.17, 15) is 9.59 Å². The molecule has 92 valence electrons. The smallest absolute Gasteiger partial charge is 0.325 e. The molecule has 1 N–H and O–H groups in total. The van der Waals surface area contributed by atoms with E-state index in [-0.39, 0.29) is 12.5 Å². The fourth-order valence-corrected chi connectivity index (χ4v) is 1.42. The van der Waals surface area contributed by atoms with Gasteiger partial charge in [-0.2, -0.15) is 0 Å². The molecule has 0 radical (unpaired) electrons. The van der Waals surface area contributed by atoms with Crippen molar-refractivity contribution in [3.63, 3.8) is 0 Å². The number of hydrogen-bond acceptors (Lipinski definition) is 4. The predicted molar refractivity (Wildman–Crippen MR) is 64.7 cm³/mol. The SMILES string of the molecule is COC(=O)CN(CCNC=O)c1ccccc1. The number of benzene rings is 1. The summed E-state index contributed by atoms with van der Waals surface area (Å²) in [4.78, 5) is 23.3. The van der Waals surface area contributed by atoms with Crippen LogP contribution in [0.25, 0.3) is 0 Å². The summed E-state index contributed by atoms with van der Waals surface area (Å²) in [5, 5.41) is 2.57. The number of carbonyl (C=O) groups excluding carboxylic acids is 2. The van der Waals surface area contributed by atoms with Gasteiger partial charge in [0.05, 0.1) is 7.11 Å². The first-order valence-corrected chi connectivity index (χ1v) is 5.31. The maximum atomic E-state index is 11.3. The average Bonchev–Trinajstić information content (AvgIpc) is 2.38. The number of nitrogens with one attached hydrogen (secondary N) is 1. The number of rotatable bonds is 7. The fourth-order valence-electron chi connectivity index (χ4n) is 1.42. The van der Waals surface area contributed by atoms with Gasteiger partial charge in [-0.25, -0.2) is 0 Å². The monoisotopic (exact) mass is 236 g/mol. The second-order valence-corrected chi connectivity index (χ2v) is 3.41. The van der Waals surface area contributed by atoms with Gasteiger partial charge in [0.1, 0.15) is 6.54 Å². The molecule has 0 heterocycles. The van der Waals surface area contributed by atoms with E-state index in [1.165, 1.54) is 7.11 Å². The Morgan fingerprint density at radius 1 is 1.41 bits per heavy atom. The maximum absolute atomic E-state index is 11.3. The topological polar surface area (TPSA) is 58.6 Å². The first-order valence-electron chi connectivity index (χ1n) is 5.31. The summed E-state index contributed by atoms with van der Waals surface area (Å²) in [6.45, 7) is 1.20. The molecule has 0 aromatic heterocycles. The number of para-hydroxylation sites is 1. The van der Waals surface area contributed by atoms with Crippen molar-refractivity contribution >= 4 is 18.1 Å². The van der Waals surface area contributed by atoms with Gasteiger partial charge in [0.15, 0.2) is 0 Å². The molecule has 0 saturated carbocycles. The van der Waals surface area contributed by atoms with Crippen LogP contribution in [0.15, 0.2) is 30.3 Å². The third-order valence-electron chi connectivity index (χ3n) is 2.28. The van der Waals surface area contributed by atoms with Crippen LogP contribution in [0.2, 0.25) is 0 Å². The van der Waals surface area contributed by atoms with E-state index in [0.717, 1.165) is 5.69 Å². The van der Waals surface area contributed by atoms with Gasteiger partial charge in [-0.05, 0) is 12.1 Å². The van der Waals surface area contributed by atoms with Crippen LogP contribution in [0.5, 0.6) is 0 Å². The van der Waals surface area contributed by atoms with Crippen LogP contribution >= 0.6 is 0 Å². The number of esters is 1. The van der Waals surface area contributed by atoms with Crippen molar-refractivity contribution in [3.8, 4) is 0 Å². The Morgan fingerprint density at radius 3 is 2.71 bits per heavy atom. The van der Waals surface area contributed by atoms with Crippen LogP contribution in [-0.2, 0) is 14.3 Å². The molecule has 5 heteroatoms. The zero-order valence-electron chi connectivity index (χ0n) is 9.76. The van der Waals surface area contributed by atoms with Crippen molar-refractivity contribution < 1.29 is 14.3 Å². The minimum Gasteiger partial charge on any atom is -0.468 e. The maximum Gasteiger partial charge on any atom is 0.325 e. The lowest BCUT2D eigenvalue weighted by atomic mass is 10.3. The summed E-state index contributed by atoms with van der Waals surface area (Å²) < 4.78 is 4.64. The van der Waals surface area contributed by atoms with Crippen molar-refractivity contribution in [2.75, 3.05) is 31.6 Å². The van der Waals surface area contributed by atoms with E-state index in [2.05, 4.69) is 10.1 Å². The van der Waals surface area contributed by atoms with Crippen LogP contribution in [0.3, 0.4) is 0 Å². The number of methoxy groups -OCH3 is 1. The zero-order valence-corrected chi connectivity index (χ0v) is 9.76. The minimum atomic E-state index is -0.306. The van der Waals surface area contributed by atoms with Crippen molar-refractivity contribution in [2.45, 2.75) is 0 Å². The molecule has 0 fully saturated rings. The molecule has 0 unspecified atom stereocenters. The van der Waals surface area contributed by atoms with Gasteiger partial charge in [-0.15, -0.1) is 0 Å². The first-order chi connectivity index (χ1) is 8.27. The zero-order chi connectivity index (χ0) is 12.5. The van der Waals surface area contributed by atoms with Gasteiger partial charge in [0, 0.05) is 18.8 Å². The number of hydrogen-bond donors (Lipinski definition) is 1. The van der Waals surface area contributed by atoms with Gasteiger partial charge in [-0.1, -0.05) is 18.2 Å². The van der Waals surface area contributed by atoms with Crippen molar-refractivity contribution in [1.29, 1.82) is 0 Å². The van der Waals surface area contributed by atoms with E-state index in [0.29, 0.717) is 19.5 Å². The van der Waals surface area contributed by atoms with Gasteiger partial charge >= 0.3 is 5.97 Å². The Kier molecular flexibility index (Phi) is 5.57. The first kappa shape index (κ1) is 13.0. The van der Waals surface area contributed by atoms with Crippen LogP contribution < -0.4 is 10.2 Å². The van der Waals surface area contributed by atoms with Gasteiger partial charge < -0.3 is 15.0 Å².